The SMILES string of the molecule is CCC(=O)C1CCCN(c2cc(C)ccc2C)C1=O. The number of piperidine rings is 1. The molecule has 0 bridgehead atoms. The summed E-state index contributed by atoms with van der Waals surface area (Å²) in [6.07, 6.45) is 2.04. The van der Waals surface area contributed by atoms with Gasteiger partial charge in [0.15, 0.2) is 0 Å². The topological polar surface area (TPSA) is 37.4 Å². The number of rotatable bonds is 3. The van der Waals surface area contributed by atoms with Gasteiger partial charge in [-0.15, -0.1) is 0 Å². The largest absolute Gasteiger partial charge is 0.312 e. The first-order valence-corrected chi connectivity index (χ1v) is 6.96. The van der Waals surface area contributed by atoms with Gasteiger partial charge in [-0.25, -0.2) is 0 Å². The molecule has 0 radical (unpaired) electrons. The first kappa shape index (κ1) is 13.8. The fourth-order valence-corrected chi connectivity index (χ4v) is 2.67. The summed E-state index contributed by atoms with van der Waals surface area (Å²) in [6.45, 7) is 6.57. The minimum atomic E-state index is -0.432. The van der Waals surface area contributed by atoms with Gasteiger partial charge in [0, 0.05) is 18.7 Å². The molecule has 102 valence electrons. The Morgan fingerprint density at radius 3 is 2.79 bits per heavy atom. The summed E-state index contributed by atoms with van der Waals surface area (Å²) in [5, 5.41) is 0. The van der Waals surface area contributed by atoms with Crippen molar-refractivity contribution >= 4 is 17.4 Å². The van der Waals surface area contributed by atoms with Crippen LogP contribution in [0.25, 0.3) is 0 Å². The van der Waals surface area contributed by atoms with Crippen molar-refractivity contribution < 1.29 is 9.59 Å². The van der Waals surface area contributed by atoms with Crippen LogP contribution < -0.4 is 4.90 Å². The molecular weight excluding hydrogens is 238 g/mol. The molecular formula is C16H21NO2. The molecule has 1 saturated heterocycles. The number of hydrogen-bond acceptors (Lipinski definition) is 2. The third-order valence-electron chi connectivity index (χ3n) is 3.83. The number of carbonyl (C=O) groups is 2. The number of aryl methyl sites for hydroxylation is 2. The van der Waals surface area contributed by atoms with E-state index in [1.807, 2.05) is 39.0 Å². The monoisotopic (exact) mass is 259 g/mol. The van der Waals surface area contributed by atoms with E-state index < -0.39 is 5.92 Å². The second-order valence-electron chi connectivity index (χ2n) is 5.29. The zero-order valence-electron chi connectivity index (χ0n) is 11.9. The number of anilines is 1. The first-order chi connectivity index (χ1) is 9.04. The maximum atomic E-state index is 12.5. The van der Waals surface area contributed by atoms with Gasteiger partial charge in [0.2, 0.25) is 5.91 Å². The Kier molecular flexibility index (Phi) is 4.03. The summed E-state index contributed by atoms with van der Waals surface area (Å²) in [5.41, 5.74) is 3.18. The van der Waals surface area contributed by atoms with Crippen LogP contribution in [0, 0.1) is 19.8 Å². The molecule has 1 fully saturated rings. The van der Waals surface area contributed by atoms with E-state index in [1.165, 1.54) is 0 Å². The molecule has 0 spiro atoms. The predicted octanol–water partition coefficient (Wildman–Crippen LogP) is 3.03. The molecule has 1 aromatic rings. The Labute approximate surface area is 114 Å². The lowest BCUT2D eigenvalue weighted by Gasteiger charge is -2.32. The fraction of sp³-hybridized carbons (Fsp3) is 0.500. The van der Waals surface area contributed by atoms with Gasteiger partial charge in [-0.1, -0.05) is 19.1 Å². The highest BCUT2D eigenvalue weighted by Crippen LogP contribution is 2.28. The lowest BCUT2D eigenvalue weighted by molar-refractivity contribution is -0.133. The number of hydrogen-bond donors (Lipinski definition) is 0. The van der Waals surface area contributed by atoms with Gasteiger partial charge >= 0.3 is 0 Å². The number of Topliss-reactive ketones (excluding diaryl/α,β-unsaturated/α-hetero) is 1. The minimum absolute atomic E-state index is 0.0215. The van der Waals surface area contributed by atoms with E-state index in [2.05, 4.69) is 0 Å². The van der Waals surface area contributed by atoms with Crippen LogP contribution in [0.4, 0.5) is 5.69 Å². The highest BCUT2D eigenvalue weighted by Gasteiger charge is 2.34. The summed E-state index contributed by atoms with van der Waals surface area (Å²) in [7, 11) is 0. The molecule has 1 aliphatic rings. The average Bonchev–Trinajstić information content (AvgIpc) is 2.41. The second kappa shape index (κ2) is 5.55. The third kappa shape index (κ3) is 2.70. The molecule has 0 N–H and O–H groups in total. The van der Waals surface area contributed by atoms with Gasteiger partial charge in [-0.2, -0.15) is 0 Å². The van der Waals surface area contributed by atoms with Gasteiger partial charge in [0.05, 0.1) is 5.92 Å². The zero-order valence-corrected chi connectivity index (χ0v) is 11.9. The Morgan fingerprint density at radius 1 is 1.37 bits per heavy atom. The highest BCUT2D eigenvalue weighted by molar-refractivity contribution is 6.09. The fourth-order valence-electron chi connectivity index (χ4n) is 2.67. The molecule has 3 nitrogen and oxygen atoms in total. The van der Waals surface area contributed by atoms with Gasteiger partial charge in [0.1, 0.15) is 5.78 Å². The van der Waals surface area contributed by atoms with E-state index >= 15 is 0 Å². The molecule has 1 amide bonds. The third-order valence-corrected chi connectivity index (χ3v) is 3.83. The quantitative estimate of drug-likeness (QED) is 0.782. The molecule has 3 heteroatoms. The maximum absolute atomic E-state index is 12.5. The van der Waals surface area contributed by atoms with Gasteiger partial charge in [0.25, 0.3) is 0 Å². The van der Waals surface area contributed by atoms with E-state index in [1.54, 1.807) is 4.90 Å². The molecule has 1 aromatic carbocycles. The van der Waals surface area contributed by atoms with Crippen LogP contribution in [-0.2, 0) is 9.59 Å². The van der Waals surface area contributed by atoms with Crippen LogP contribution in [-0.4, -0.2) is 18.2 Å². The van der Waals surface area contributed by atoms with Crippen LogP contribution in [0.1, 0.15) is 37.3 Å². The second-order valence-corrected chi connectivity index (χ2v) is 5.29. The number of benzene rings is 1. The number of amides is 1. The molecule has 1 heterocycles. The maximum Gasteiger partial charge on any atom is 0.237 e. The van der Waals surface area contributed by atoms with Gasteiger partial charge in [-0.3, -0.25) is 9.59 Å². The summed E-state index contributed by atoms with van der Waals surface area (Å²) < 4.78 is 0. The highest BCUT2D eigenvalue weighted by atomic mass is 16.2. The summed E-state index contributed by atoms with van der Waals surface area (Å²) in [5.74, 6) is -0.384. The summed E-state index contributed by atoms with van der Waals surface area (Å²) in [4.78, 5) is 26.1. The van der Waals surface area contributed by atoms with Crippen molar-refractivity contribution in [2.24, 2.45) is 5.92 Å². The van der Waals surface area contributed by atoms with Crippen LogP contribution in [0.15, 0.2) is 18.2 Å². The molecule has 1 unspecified atom stereocenters. The van der Waals surface area contributed by atoms with Crippen molar-refractivity contribution in [1.29, 1.82) is 0 Å². The first-order valence-electron chi connectivity index (χ1n) is 6.96. The van der Waals surface area contributed by atoms with Gasteiger partial charge in [-0.05, 0) is 43.9 Å². The Balaban J connectivity index is 2.31. The van der Waals surface area contributed by atoms with Crippen molar-refractivity contribution in [2.75, 3.05) is 11.4 Å². The van der Waals surface area contributed by atoms with Crippen LogP contribution in [0.5, 0.6) is 0 Å². The predicted molar refractivity (Wildman–Crippen MR) is 76.3 cm³/mol. The molecule has 2 rings (SSSR count). The van der Waals surface area contributed by atoms with Crippen molar-refractivity contribution in [3.05, 3.63) is 29.3 Å². The minimum Gasteiger partial charge on any atom is -0.312 e. The standard InChI is InChI=1S/C16H21NO2/c1-4-15(18)13-6-5-9-17(16(13)19)14-10-11(2)7-8-12(14)3/h7-8,10,13H,4-6,9H2,1-3H3. The van der Waals surface area contributed by atoms with Crippen molar-refractivity contribution in [3.8, 4) is 0 Å². The van der Waals surface area contributed by atoms with Crippen molar-refractivity contribution in [3.63, 3.8) is 0 Å². The molecule has 1 atom stereocenters. The van der Waals surface area contributed by atoms with Crippen LogP contribution in [0.3, 0.4) is 0 Å². The van der Waals surface area contributed by atoms with E-state index in [0.29, 0.717) is 12.8 Å². The van der Waals surface area contributed by atoms with E-state index in [0.717, 1.165) is 29.8 Å². The van der Waals surface area contributed by atoms with Crippen LogP contribution >= 0.6 is 0 Å². The lowest BCUT2D eigenvalue weighted by Crippen LogP contribution is -2.44. The normalized spacial score (nSPS) is 19.6. The lowest BCUT2D eigenvalue weighted by atomic mass is 9.91. The number of carbonyl (C=O) groups excluding carboxylic acids is 2. The molecule has 0 aliphatic carbocycles. The number of nitrogens with zero attached hydrogens (tertiary/aromatic N) is 1. The van der Waals surface area contributed by atoms with Crippen molar-refractivity contribution in [1.82, 2.24) is 0 Å². The van der Waals surface area contributed by atoms with E-state index in [-0.39, 0.29) is 11.7 Å². The molecule has 19 heavy (non-hydrogen) atoms. The van der Waals surface area contributed by atoms with Crippen molar-refractivity contribution in [2.45, 2.75) is 40.0 Å². The summed E-state index contributed by atoms with van der Waals surface area (Å²) >= 11 is 0. The van der Waals surface area contributed by atoms with E-state index in [9.17, 15) is 9.59 Å². The Hall–Kier alpha value is -1.64. The van der Waals surface area contributed by atoms with Gasteiger partial charge < -0.3 is 4.90 Å². The Morgan fingerprint density at radius 2 is 2.11 bits per heavy atom. The molecule has 1 aliphatic heterocycles. The van der Waals surface area contributed by atoms with Crippen LogP contribution in [0.2, 0.25) is 0 Å². The zero-order chi connectivity index (χ0) is 14.0. The Bertz CT molecular complexity index is 507. The molecule has 0 saturated carbocycles. The molecule has 0 aromatic heterocycles. The van der Waals surface area contributed by atoms with E-state index in [4.69, 9.17) is 0 Å². The average molecular weight is 259 g/mol. The smallest absolute Gasteiger partial charge is 0.237 e. The summed E-state index contributed by atoms with van der Waals surface area (Å²) in [6, 6.07) is 6.11. The number of ketones is 1.